The lowest BCUT2D eigenvalue weighted by Crippen LogP contribution is -2.12. The Kier molecular flexibility index (Phi) is 5.61. The molecule has 0 bridgehead atoms. The monoisotopic (exact) mass is 412 g/mol. The maximum atomic E-state index is 13.5. The molecule has 0 spiro atoms. The van der Waals surface area contributed by atoms with Gasteiger partial charge in [0.05, 0.1) is 0 Å². The first kappa shape index (κ1) is 20.2. The van der Waals surface area contributed by atoms with Crippen LogP contribution in [0.4, 0.5) is 36.3 Å². The second kappa shape index (κ2) is 8.34. The highest BCUT2D eigenvalue weighted by molar-refractivity contribution is 5.63. The zero-order valence-electron chi connectivity index (χ0n) is 16.6. The van der Waals surface area contributed by atoms with E-state index in [0.717, 1.165) is 11.8 Å². The molecule has 1 aliphatic carbocycles. The second-order valence-electron chi connectivity index (χ2n) is 7.68. The van der Waals surface area contributed by atoms with E-state index in [-0.39, 0.29) is 11.8 Å². The number of aryl methyl sites for hydroxylation is 1. The van der Waals surface area contributed by atoms with Crippen molar-refractivity contribution in [1.82, 2.24) is 9.97 Å². The van der Waals surface area contributed by atoms with Crippen molar-refractivity contribution in [2.24, 2.45) is 0 Å². The van der Waals surface area contributed by atoms with Crippen molar-refractivity contribution in [3.8, 4) is 0 Å². The fourth-order valence-corrected chi connectivity index (χ4v) is 3.83. The molecule has 2 aromatic carbocycles. The summed E-state index contributed by atoms with van der Waals surface area (Å²) in [4.78, 5) is 7.96. The molecule has 156 valence electrons. The highest BCUT2D eigenvalue weighted by atomic mass is 19.4. The number of nitrogens with one attached hydrogen (secondary N) is 2. The van der Waals surface area contributed by atoms with Gasteiger partial charge in [-0.1, -0.05) is 37.1 Å². The van der Waals surface area contributed by atoms with E-state index in [1.807, 2.05) is 55.5 Å². The average molecular weight is 412 g/mol. The molecule has 30 heavy (non-hydrogen) atoms. The summed E-state index contributed by atoms with van der Waals surface area (Å²) in [6.45, 7) is 1.93. The van der Waals surface area contributed by atoms with Gasteiger partial charge in [0, 0.05) is 17.6 Å². The quantitative estimate of drug-likeness (QED) is 0.476. The van der Waals surface area contributed by atoms with E-state index in [4.69, 9.17) is 0 Å². The van der Waals surface area contributed by atoms with Gasteiger partial charge in [0.25, 0.3) is 0 Å². The van der Waals surface area contributed by atoms with E-state index in [9.17, 15) is 13.2 Å². The van der Waals surface area contributed by atoms with Gasteiger partial charge in [-0.25, -0.2) is 4.98 Å². The molecule has 1 aromatic heterocycles. The average Bonchev–Trinajstić information content (AvgIpc) is 3.23. The normalized spacial score (nSPS) is 14.7. The van der Waals surface area contributed by atoms with Crippen LogP contribution in [0.15, 0.2) is 54.7 Å². The lowest BCUT2D eigenvalue weighted by molar-refractivity contribution is -0.137. The molecule has 0 aliphatic heterocycles. The summed E-state index contributed by atoms with van der Waals surface area (Å²) in [6, 6.07) is 15.1. The third kappa shape index (κ3) is 4.72. The fourth-order valence-electron chi connectivity index (χ4n) is 3.83. The molecule has 0 atom stereocenters. The van der Waals surface area contributed by atoms with Crippen LogP contribution in [0.2, 0.25) is 0 Å². The van der Waals surface area contributed by atoms with Crippen LogP contribution in [0.3, 0.4) is 0 Å². The van der Waals surface area contributed by atoms with Crippen LogP contribution in [0.5, 0.6) is 0 Å². The Morgan fingerprint density at radius 2 is 1.67 bits per heavy atom. The summed E-state index contributed by atoms with van der Waals surface area (Å²) < 4.78 is 40.5. The van der Waals surface area contributed by atoms with E-state index in [1.165, 1.54) is 31.2 Å². The summed E-state index contributed by atoms with van der Waals surface area (Å²) in [5.74, 6) is 0.369. The minimum Gasteiger partial charge on any atom is -0.340 e. The third-order valence-electron chi connectivity index (χ3n) is 5.37. The van der Waals surface area contributed by atoms with Crippen molar-refractivity contribution in [2.45, 2.75) is 44.7 Å². The molecule has 0 radical (unpaired) electrons. The molecule has 1 saturated carbocycles. The van der Waals surface area contributed by atoms with E-state index in [2.05, 4.69) is 20.6 Å². The summed E-state index contributed by atoms with van der Waals surface area (Å²) >= 11 is 0. The molecule has 3 aromatic rings. The molecule has 0 amide bonds. The topological polar surface area (TPSA) is 49.8 Å². The lowest BCUT2D eigenvalue weighted by Gasteiger charge is -2.16. The molecule has 4 rings (SSSR count). The van der Waals surface area contributed by atoms with E-state index in [0.29, 0.717) is 17.3 Å². The molecule has 4 nitrogen and oxygen atoms in total. The van der Waals surface area contributed by atoms with Gasteiger partial charge in [-0.2, -0.15) is 18.2 Å². The Balaban J connectivity index is 1.59. The number of nitrogens with zero attached hydrogens (tertiary/aromatic N) is 2. The molecular weight excluding hydrogens is 389 g/mol. The number of hydrogen-bond acceptors (Lipinski definition) is 4. The van der Waals surface area contributed by atoms with Crippen molar-refractivity contribution in [3.63, 3.8) is 0 Å². The molecule has 2 N–H and O–H groups in total. The molecule has 1 heterocycles. The summed E-state index contributed by atoms with van der Waals surface area (Å²) in [6.07, 6.45) is 1.05. The fraction of sp³-hybridized carbons (Fsp3) is 0.304. The Bertz CT molecular complexity index is 1010. The van der Waals surface area contributed by atoms with Gasteiger partial charge in [0.1, 0.15) is 11.4 Å². The smallest absolute Gasteiger partial charge is 0.340 e. The zero-order valence-corrected chi connectivity index (χ0v) is 16.6. The van der Waals surface area contributed by atoms with Gasteiger partial charge in [-0.15, -0.1) is 0 Å². The minimum atomic E-state index is -4.56. The van der Waals surface area contributed by atoms with Crippen molar-refractivity contribution < 1.29 is 13.2 Å². The summed E-state index contributed by atoms with van der Waals surface area (Å²) in [5, 5.41) is 5.79. The van der Waals surface area contributed by atoms with Crippen molar-refractivity contribution >= 4 is 23.1 Å². The van der Waals surface area contributed by atoms with Gasteiger partial charge in [0.15, 0.2) is 0 Å². The summed E-state index contributed by atoms with van der Waals surface area (Å²) in [5.41, 5.74) is 2.62. The number of halogens is 3. The van der Waals surface area contributed by atoms with Crippen LogP contribution in [0, 0.1) is 6.92 Å². The Hall–Kier alpha value is -3.09. The Morgan fingerprint density at radius 1 is 0.933 bits per heavy atom. The van der Waals surface area contributed by atoms with Crippen molar-refractivity contribution in [2.75, 3.05) is 10.6 Å². The number of aromatic nitrogens is 2. The molecule has 7 heteroatoms. The molecule has 0 saturated heterocycles. The van der Waals surface area contributed by atoms with Crippen molar-refractivity contribution in [1.29, 1.82) is 0 Å². The second-order valence-corrected chi connectivity index (χ2v) is 7.68. The van der Waals surface area contributed by atoms with Crippen LogP contribution in [-0.2, 0) is 6.18 Å². The number of anilines is 4. The highest BCUT2D eigenvalue weighted by Gasteiger charge is 2.35. The van der Waals surface area contributed by atoms with Gasteiger partial charge in [0.2, 0.25) is 5.95 Å². The van der Waals surface area contributed by atoms with E-state index in [1.54, 1.807) is 0 Å². The number of alkyl halides is 3. The Labute approximate surface area is 173 Å². The standard InChI is InChI=1S/C23H23F3N4/c1-15-5-4-8-19(13-15)29-22-27-14-20(23(24,25)26)21(30-22)28-18-11-9-17(10-12-18)16-6-2-3-7-16/h4-5,8-14,16H,2-3,6-7H2,1H3,(H2,27,28,29,30). The first-order valence-electron chi connectivity index (χ1n) is 10.0. The first-order chi connectivity index (χ1) is 14.4. The zero-order chi connectivity index (χ0) is 21.1. The number of hydrogen-bond donors (Lipinski definition) is 2. The maximum Gasteiger partial charge on any atom is 0.421 e. The predicted octanol–water partition coefficient (Wildman–Crippen LogP) is 6.95. The maximum absolute atomic E-state index is 13.5. The van der Waals surface area contributed by atoms with Crippen LogP contribution in [0.25, 0.3) is 0 Å². The largest absolute Gasteiger partial charge is 0.421 e. The van der Waals surface area contributed by atoms with Gasteiger partial charge in [-0.05, 0) is 61.1 Å². The van der Waals surface area contributed by atoms with Gasteiger partial charge in [-0.3, -0.25) is 0 Å². The highest BCUT2D eigenvalue weighted by Crippen LogP contribution is 2.37. The Morgan fingerprint density at radius 3 is 2.33 bits per heavy atom. The molecule has 0 unspecified atom stereocenters. The van der Waals surface area contributed by atoms with Crippen LogP contribution in [-0.4, -0.2) is 9.97 Å². The van der Waals surface area contributed by atoms with E-state index >= 15 is 0 Å². The van der Waals surface area contributed by atoms with Gasteiger partial charge >= 0.3 is 6.18 Å². The first-order valence-corrected chi connectivity index (χ1v) is 10.0. The number of rotatable bonds is 5. The lowest BCUT2D eigenvalue weighted by atomic mass is 9.97. The summed E-state index contributed by atoms with van der Waals surface area (Å²) in [7, 11) is 0. The van der Waals surface area contributed by atoms with Crippen LogP contribution < -0.4 is 10.6 Å². The SMILES string of the molecule is Cc1cccc(Nc2ncc(C(F)(F)F)c(Nc3ccc(C4CCCC4)cc3)n2)c1. The molecule has 1 aliphatic rings. The number of benzene rings is 2. The van der Waals surface area contributed by atoms with Crippen molar-refractivity contribution in [3.05, 3.63) is 71.4 Å². The van der Waals surface area contributed by atoms with Gasteiger partial charge < -0.3 is 10.6 Å². The minimum absolute atomic E-state index is 0.0960. The van der Waals surface area contributed by atoms with E-state index < -0.39 is 11.7 Å². The molecule has 1 fully saturated rings. The van der Waals surface area contributed by atoms with Crippen LogP contribution >= 0.6 is 0 Å². The molecular formula is C23H23F3N4. The predicted molar refractivity (Wildman–Crippen MR) is 112 cm³/mol. The van der Waals surface area contributed by atoms with Crippen LogP contribution in [0.1, 0.15) is 48.3 Å². The third-order valence-corrected chi connectivity index (χ3v) is 5.37.